The van der Waals surface area contributed by atoms with E-state index in [-0.39, 0.29) is 18.2 Å². The SMILES string of the molecule is Cn1ccc2c(CN3CC4(COC4)C3)cc(-c3ccc4c(c3)CN(C3CCC(=O)NC3=O)C4=O)nc21. The maximum absolute atomic E-state index is 13.1. The molecule has 3 amide bonds. The Morgan fingerprint density at radius 3 is 2.72 bits per heavy atom. The number of carbonyl (C=O) groups is 3. The van der Waals surface area contributed by atoms with Crippen LogP contribution in [0.15, 0.2) is 36.5 Å². The zero-order chi connectivity index (χ0) is 24.6. The number of benzene rings is 1. The van der Waals surface area contributed by atoms with E-state index in [1.54, 1.807) is 4.90 Å². The van der Waals surface area contributed by atoms with Crippen LogP contribution >= 0.6 is 0 Å². The van der Waals surface area contributed by atoms with Gasteiger partial charge in [-0.25, -0.2) is 4.98 Å². The molecule has 3 saturated heterocycles. The van der Waals surface area contributed by atoms with Crippen molar-refractivity contribution in [3.05, 3.63) is 53.2 Å². The van der Waals surface area contributed by atoms with Crippen LogP contribution in [0.1, 0.15) is 34.3 Å². The van der Waals surface area contributed by atoms with Gasteiger partial charge in [-0.2, -0.15) is 0 Å². The quantitative estimate of drug-likeness (QED) is 0.567. The summed E-state index contributed by atoms with van der Waals surface area (Å²) in [6.07, 6.45) is 2.65. The fourth-order valence-electron chi connectivity index (χ4n) is 6.14. The molecule has 0 radical (unpaired) electrons. The maximum atomic E-state index is 13.1. The molecule has 2 aromatic heterocycles. The van der Waals surface area contributed by atoms with Crippen LogP contribution in [-0.4, -0.2) is 69.4 Å². The minimum absolute atomic E-state index is 0.163. The van der Waals surface area contributed by atoms with Crippen molar-refractivity contribution in [1.29, 1.82) is 0 Å². The van der Waals surface area contributed by atoms with Gasteiger partial charge in [0.1, 0.15) is 11.7 Å². The van der Waals surface area contributed by atoms with Crippen molar-refractivity contribution in [3.8, 4) is 11.3 Å². The van der Waals surface area contributed by atoms with Crippen molar-refractivity contribution < 1.29 is 19.1 Å². The number of fused-ring (bicyclic) bond motifs is 2. The molecule has 1 aromatic carbocycles. The first-order valence-corrected chi connectivity index (χ1v) is 12.4. The van der Waals surface area contributed by atoms with Crippen LogP contribution < -0.4 is 5.32 Å². The number of hydrogen-bond donors (Lipinski definition) is 1. The third-order valence-corrected chi connectivity index (χ3v) is 8.07. The number of likely N-dealkylation sites (tertiary alicyclic amines) is 1. The number of imide groups is 1. The first kappa shape index (κ1) is 21.7. The van der Waals surface area contributed by atoms with Gasteiger partial charge in [0.05, 0.1) is 18.9 Å². The van der Waals surface area contributed by atoms with Crippen LogP contribution in [0.5, 0.6) is 0 Å². The van der Waals surface area contributed by atoms with Gasteiger partial charge in [0.15, 0.2) is 0 Å². The molecule has 1 unspecified atom stereocenters. The standard InChI is InChI=1S/C27H27N5O4/c1-30-7-6-19-18(10-31-12-27(13-31)14-36-15-27)9-21(28-24(19)30)16-2-3-20-17(8-16)11-32(26(20)35)22-4-5-23(33)29-25(22)34/h2-3,6-9,22H,4-5,10-15H2,1H3,(H,29,33,34). The molecule has 1 N–H and O–H groups in total. The van der Waals surface area contributed by atoms with Crippen LogP contribution in [-0.2, 0) is 34.5 Å². The van der Waals surface area contributed by atoms with E-state index in [9.17, 15) is 14.4 Å². The fourth-order valence-corrected chi connectivity index (χ4v) is 6.14. The average Bonchev–Trinajstić information content (AvgIpc) is 3.34. The van der Waals surface area contributed by atoms with Crippen molar-refractivity contribution in [2.45, 2.75) is 32.0 Å². The van der Waals surface area contributed by atoms with Crippen LogP contribution in [0.4, 0.5) is 0 Å². The van der Waals surface area contributed by atoms with Crippen molar-refractivity contribution in [3.63, 3.8) is 0 Å². The minimum Gasteiger partial charge on any atom is -0.380 e. The average molecular weight is 486 g/mol. The first-order chi connectivity index (χ1) is 17.4. The van der Waals surface area contributed by atoms with E-state index in [2.05, 4.69) is 22.3 Å². The van der Waals surface area contributed by atoms with Crippen molar-refractivity contribution >= 4 is 28.8 Å². The van der Waals surface area contributed by atoms with E-state index in [1.807, 2.05) is 36.0 Å². The van der Waals surface area contributed by atoms with Crippen LogP contribution in [0.3, 0.4) is 0 Å². The summed E-state index contributed by atoms with van der Waals surface area (Å²) in [4.78, 5) is 46.0. The summed E-state index contributed by atoms with van der Waals surface area (Å²) in [7, 11) is 2.01. The highest BCUT2D eigenvalue weighted by molar-refractivity contribution is 6.05. The molecule has 7 rings (SSSR count). The highest BCUT2D eigenvalue weighted by Crippen LogP contribution is 2.39. The molecule has 1 atom stereocenters. The summed E-state index contributed by atoms with van der Waals surface area (Å²) in [6.45, 7) is 5.09. The molecular formula is C27H27N5O4. The lowest BCUT2D eigenvalue weighted by Gasteiger charge is -2.55. The lowest BCUT2D eigenvalue weighted by Crippen LogP contribution is -2.65. The minimum atomic E-state index is -0.614. The number of ether oxygens (including phenoxy) is 1. The number of carbonyl (C=O) groups excluding carboxylic acids is 3. The summed E-state index contributed by atoms with van der Waals surface area (Å²) in [5.74, 6) is -0.839. The smallest absolute Gasteiger partial charge is 0.255 e. The largest absolute Gasteiger partial charge is 0.380 e. The Hall–Kier alpha value is -3.56. The number of nitrogens with one attached hydrogen (secondary N) is 1. The van der Waals surface area contributed by atoms with Crippen molar-refractivity contribution in [2.75, 3.05) is 26.3 Å². The number of amides is 3. The normalized spacial score (nSPS) is 23.1. The molecule has 3 fully saturated rings. The summed E-state index contributed by atoms with van der Waals surface area (Å²) in [5, 5.41) is 3.52. The van der Waals surface area contributed by atoms with Gasteiger partial charge in [0.2, 0.25) is 11.8 Å². The molecule has 1 spiro atoms. The summed E-state index contributed by atoms with van der Waals surface area (Å²) in [5.41, 5.74) is 5.86. The number of hydrogen-bond acceptors (Lipinski definition) is 6. The molecule has 4 aliphatic heterocycles. The Bertz CT molecular complexity index is 1450. The molecule has 0 saturated carbocycles. The summed E-state index contributed by atoms with van der Waals surface area (Å²) >= 11 is 0. The van der Waals surface area contributed by atoms with Gasteiger partial charge in [0.25, 0.3) is 5.91 Å². The van der Waals surface area contributed by atoms with E-state index in [1.165, 1.54) is 5.56 Å². The van der Waals surface area contributed by atoms with Gasteiger partial charge in [0, 0.05) is 67.8 Å². The van der Waals surface area contributed by atoms with Gasteiger partial charge in [-0.15, -0.1) is 0 Å². The number of piperidine rings is 1. The molecule has 9 heteroatoms. The van der Waals surface area contributed by atoms with Gasteiger partial charge >= 0.3 is 0 Å². The van der Waals surface area contributed by atoms with Gasteiger partial charge in [-0.1, -0.05) is 6.07 Å². The summed E-state index contributed by atoms with van der Waals surface area (Å²) in [6, 6.07) is 9.48. The molecule has 36 heavy (non-hydrogen) atoms. The lowest BCUT2D eigenvalue weighted by atomic mass is 9.78. The third-order valence-electron chi connectivity index (χ3n) is 8.07. The number of aromatic nitrogens is 2. The zero-order valence-electron chi connectivity index (χ0n) is 20.1. The molecular weight excluding hydrogens is 458 g/mol. The molecule has 9 nitrogen and oxygen atoms in total. The Kier molecular flexibility index (Phi) is 4.65. The monoisotopic (exact) mass is 485 g/mol. The van der Waals surface area contributed by atoms with Gasteiger partial charge < -0.3 is 14.2 Å². The summed E-state index contributed by atoms with van der Waals surface area (Å²) < 4.78 is 7.47. The Morgan fingerprint density at radius 1 is 1.14 bits per heavy atom. The topological polar surface area (TPSA) is 96.8 Å². The van der Waals surface area contributed by atoms with Gasteiger partial charge in [-0.05, 0) is 41.8 Å². The molecule has 0 aliphatic carbocycles. The number of rotatable bonds is 4. The fraction of sp³-hybridized carbons (Fsp3) is 0.407. The first-order valence-electron chi connectivity index (χ1n) is 12.4. The van der Waals surface area contributed by atoms with Crippen LogP contribution in [0.25, 0.3) is 22.3 Å². The predicted octanol–water partition coefficient (Wildman–Crippen LogP) is 1.83. The second-order valence-electron chi connectivity index (χ2n) is 10.7. The second kappa shape index (κ2) is 7.72. The van der Waals surface area contributed by atoms with Crippen LogP contribution in [0, 0.1) is 5.41 Å². The zero-order valence-corrected chi connectivity index (χ0v) is 20.1. The number of nitrogens with zero attached hydrogens (tertiary/aromatic N) is 4. The van der Waals surface area contributed by atoms with E-state index >= 15 is 0 Å². The molecule has 4 aliphatic rings. The van der Waals surface area contributed by atoms with E-state index < -0.39 is 11.9 Å². The third kappa shape index (κ3) is 3.30. The molecule has 3 aromatic rings. The molecule has 6 heterocycles. The molecule has 184 valence electrons. The number of pyridine rings is 1. The van der Waals surface area contributed by atoms with Crippen LogP contribution in [0.2, 0.25) is 0 Å². The maximum Gasteiger partial charge on any atom is 0.255 e. The van der Waals surface area contributed by atoms with E-state index in [0.717, 1.165) is 60.7 Å². The Morgan fingerprint density at radius 2 is 1.97 bits per heavy atom. The lowest BCUT2D eigenvalue weighted by molar-refractivity contribution is -0.191. The Balaban J connectivity index is 1.19. The van der Waals surface area contributed by atoms with Crippen molar-refractivity contribution in [1.82, 2.24) is 24.7 Å². The van der Waals surface area contributed by atoms with Crippen molar-refractivity contribution in [2.24, 2.45) is 12.5 Å². The van der Waals surface area contributed by atoms with E-state index in [0.29, 0.717) is 23.9 Å². The molecule has 0 bridgehead atoms. The highest BCUT2D eigenvalue weighted by atomic mass is 16.5. The predicted molar refractivity (Wildman–Crippen MR) is 131 cm³/mol. The number of aryl methyl sites for hydroxylation is 1. The highest BCUT2D eigenvalue weighted by Gasteiger charge is 2.48. The second-order valence-corrected chi connectivity index (χ2v) is 10.7. The van der Waals surface area contributed by atoms with Gasteiger partial charge in [-0.3, -0.25) is 24.6 Å². The van der Waals surface area contributed by atoms with E-state index in [4.69, 9.17) is 9.72 Å². The Labute approximate surface area is 208 Å².